The molecule has 0 spiro atoms. The Labute approximate surface area is 103 Å². The van der Waals surface area contributed by atoms with Crippen molar-refractivity contribution >= 4 is 0 Å². The van der Waals surface area contributed by atoms with Crippen molar-refractivity contribution < 1.29 is 9.84 Å². The molecule has 0 saturated carbocycles. The summed E-state index contributed by atoms with van der Waals surface area (Å²) in [5.74, 6) is 0.610. The van der Waals surface area contributed by atoms with Crippen molar-refractivity contribution in [3.63, 3.8) is 0 Å². The summed E-state index contributed by atoms with van der Waals surface area (Å²) in [5, 5.41) is 10.1. The Bertz CT molecular complexity index is 372. The molecule has 1 aromatic rings. The van der Waals surface area contributed by atoms with Crippen LogP contribution in [0.25, 0.3) is 0 Å². The van der Waals surface area contributed by atoms with E-state index in [-0.39, 0.29) is 5.41 Å². The molecule has 1 unspecified atom stereocenters. The highest BCUT2D eigenvalue weighted by molar-refractivity contribution is 5.28. The van der Waals surface area contributed by atoms with Crippen molar-refractivity contribution in [1.82, 2.24) is 9.97 Å². The minimum atomic E-state index is -0.425. The van der Waals surface area contributed by atoms with E-state index in [0.717, 1.165) is 11.3 Å². The number of aromatic nitrogens is 2. The molecule has 0 aliphatic rings. The quantitative estimate of drug-likeness (QED) is 0.873. The van der Waals surface area contributed by atoms with Crippen LogP contribution in [0, 0.1) is 12.3 Å². The van der Waals surface area contributed by atoms with Crippen LogP contribution in [-0.2, 0) is 6.42 Å². The maximum atomic E-state index is 10.1. The standard InChI is InChI=1S/C13H22N2O2/c1-6-17-12-9(2)10(14-8-15-12)7-11(16)13(3,4)5/h8,11,16H,6-7H2,1-5H3. The molecule has 0 bridgehead atoms. The van der Waals surface area contributed by atoms with Crippen molar-refractivity contribution in [1.29, 1.82) is 0 Å². The summed E-state index contributed by atoms with van der Waals surface area (Å²) < 4.78 is 5.41. The molecule has 1 heterocycles. The number of ether oxygens (including phenoxy) is 1. The lowest BCUT2D eigenvalue weighted by Crippen LogP contribution is -2.28. The first-order chi connectivity index (χ1) is 7.86. The molecule has 1 rings (SSSR count). The minimum Gasteiger partial charge on any atom is -0.478 e. The molecule has 0 aliphatic carbocycles. The molecule has 1 N–H and O–H groups in total. The first-order valence-corrected chi connectivity index (χ1v) is 5.97. The minimum absolute atomic E-state index is 0.150. The van der Waals surface area contributed by atoms with Gasteiger partial charge in [-0.05, 0) is 19.3 Å². The van der Waals surface area contributed by atoms with Gasteiger partial charge in [-0.15, -0.1) is 0 Å². The van der Waals surface area contributed by atoms with Crippen LogP contribution in [0.1, 0.15) is 39.0 Å². The lowest BCUT2D eigenvalue weighted by Gasteiger charge is -2.26. The van der Waals surface area contributed by atoms with Gasteiger partial charge in [0.15, 0.2) is 0 Å². The summed E-state index contributed by atoms with van der Waals surface area (Å²) in [4.78, 5) is 8.31. The van der Waals surface area contributed by atoms with E-state index in [1.165, 1.54) is 6.33 Å². The number of rotatable bonds is 4. The third kappa shape index (κ3) is 3.66. The molecular formula is C13H22N2O2. The Kier molecular flexibility index (Phi) is 4.46. The van der Waals surface area contributed by atoms with Crippen LogP contribution in [0.4, 0.5) is 0 Å². The highest BCUT2D eigenvalue weighted by Crippen LogP contribution is 2.24. The third-order valence-electron chi connectivity index (χ3n) is 2.81. The smallest absolute Gasteiger partial charge is 0.219 e. The number of hydrogen-bond acceptors (Lipinski definition) is 4. The van der Waals surface area contributed by atoms with Gasteiger partial charge >= 0.3 is 0 Å². The number of nitrogens with zero attached hydrogens (tertiary/aromatic N) is 2. The van der Waals surface area contributed by atoms with Crippen molar-refractivity contribution in [2.24, 2.45) is 5.41 Å². The van der Waals surface area contributed by atoms with Crippen molar-refractivity contribution in [3.8, 4) is 5.88 Å². The van der Waals surface area contributed by atoms with Gasteiger partial charge in [0.25, 0.3) is 0 Å². The van der Waals surface area contributed by atoms with Gasteiger partial charge in [0.2, 0.25) is 5.88 Å². The van der Waals surface area contributed by atoms with E-state index in [1.54, 1.807) is 0 Å². The second kappa shape index (κ2) is 5.45. The van der Waals surface area contributed by atoms with E-state index in [9.17, 15) is 5.11 Å². The van der Waals surface area contributed by atoms with Gasteiger partial charge in [-0.3, -0.25) is 0 Å². The van der Waals surface area contributed by atoms with Gasteiger partial charge in [-0.25, -0.2) is 9.97 Å². The molecule has 4 heteroatoms. The zero-order valence-corrected chi connectivity index (χ0v) is 11.3. The molecule has 0 radical (unpaired) electrons. The number of aliphatic hydroxyl groups excluding tert-OH is 1. The molecular weight excluding hydrogens is 216 g/mol. The predicted molar refractivity (Wildman–Crippen MR) is 67.1 cm³/mol. The fourth-order valence-corrected chi connectivity index (χ4v) is 1.45. The first kappa shape index (κ1) is 13.9. The summed E-state index contributed by atoms with van der Waals surface area (Å²) in [5.41, 5.74) is 1.62. The van der Waals surface area contributed by atoms with Gasteiger partial charge in [-0.1, -0.05) is 20.8 Å². The molecule has 0 amide bonds. The van der Waals surface area contributed by atoms with Crippen LogP contribution in [-0.4, -0.2) is 27.8 Å². The van der Waals surface area contributed by atoms with E-state index in [1.807, 2.05) is 34.6 Å². The predicted octanol–water partition coefficient (Wildman–Crippen LogP) is 2.13. The SMILES string of the molecule is CCOc1ncnc(CC(O)C(C)(C)C)c1C. The summed E-state index contributed by atoms with van der Waals surface area (Å²) in [7, 11) is 0. The fourth-order valence-electron chi connectivity index (χ4n) is 1.45. The van der Waals surface area contributed by atoms with E-state index in [0.29, 0.717) is 18.9 Å². The van der Waals surface area contributed by atoms with Crippen LogP contribution in [0.3, 0.4) is 0 Å². The molecule has 4 nitrogen and oxygen atoms in total. The number of aliphatic hydroxyl groups is 1. The van der Waals surface area contributed by atoms with Crippen molar-refractivity contribution in [3.05, 3.63) is 17.6 Å². The highest BCUT2D eigenvalue weighted by atomic mass is 16.5. The maximum Gasteiger partial charge on any atom is 0.219 e. The zero-order valence-electron chi connectivity index (χ0n) is 11.3. The molecule has 0 fully saturated rings. The van der Waals surface area contributed by atoms with Gasteiger partial charge in [0, 0.05) is 12.0 Å². The lowest BCUT2D eigenvalue weighted by molar-refractivity contribution is 0.0625. The van der Waals surface area contributed by atoms with E-state index in [2.05, 4.69) is 9.97 Å². The van der Waals surface area contributed by atoms with Crippen LogP contribution in [0.5, 0.6) is 5.88 Å². The number of hydrogen-bond donors (Lipinski definition) is 1. The fraction of sp³-hybridized carbons (Fsp3) is 0.692. The maximum absolute atomic E-state index is 10.1. The monoisotopic (exact) mass is 238 g/mol. The highest BCUT2D eigenvalue weighted by Gasteiger charge is 2.24. The summed E-state index contributed by atoms with van der Waals surface area (Å²) >= 11 is 0. The molecule has 1 aromatic heterocycles. The van der Waals surface area contributed by atoms with E-state index in [4.69, 9.17) is 4.74 Å². The van der Waals surface area contributed by atoms with Crippen LogP contribution in [0.15, 0.2) is 6.33 Å². The lowest BCUT2D eigenvalue weighted by atomic mass is 9.86. The van der Waals surface area contributed by atoms with Gasteiger partial charge in [0.1, 0.15) is 6.33 Å². The topological polar surface area (TPSA) is 55.2 Å². The summed E-state index contributed by atoms with van der Waals surface area (Å²) in [6.07, 6.45) is 1.59. The molecule has 0 aliphatic heterocycles. The first-order valence-electron chi connectivity index (χ1n) is 5.97. The summed E-state index contributed by atoms with van der Waals surface area (Å²) in [6, 6.07) is 0. The third-order valence-corrected chi connectivity index (χ3v) is 2.81. The molecule has 1 atom stereocenters. The van der Waals surface area contributed by atoms with Crippen LogP contribution < -0.4 is 4.74 Å². The molecule has 0 saturated heterocycles. The van der Waals surface area contributed by atoms with Crippen LogP contribution >= 0.6 is 0 Å². The average Bonchev–Trinajstić information content (AvgIpc) is 2.22. The van der Waals surface area contributed by atoms with Gasteiger partial charge in [-0.2, -0.15) is 0 Å². The molecule has 96 valence electrons. The van der Waals surface area contributed by atoms with Gasteiger partial charge < -0.3 is 9.84 Å². The van der Waals surface area contributed by atoms with E-state index >= 15 is 0 Å². The summed E-state index contributed by atoms with van der Waals surface area (Å²) in [6.45, 7) is 10.5. The average molecular weight is 238 g/mol. The van der Waals surface area contributed by atoms with Crippen molar-refractivity contribution in [2.45, 2.75) is 47.1 Å². The Morgan fingerprint density at radius 3 is 2.53 bits per heavy atom. The Hall–Kier alpha value is -1.16. The second-order valence-corrected chi connectivity index (χ2v) is 5.27. The molecule has 17 heavy (non-hydrogen) atoms. The zero-order chi connectivity index (χ0) is 13.1. The second-order valence-electron chi connectivity index (χ2n) is 5.27. The largest absolute Gasteiger partial charge is 0.478 e. The van der Waals surface area contributed by atoms with Crippen LogP contribution in [0.2, 0.25) is 0 Å². The Morgan fingerprint density at radius 1 is 1.35 bits per heavy atom. The van der Waals surface area contributed by atoms with Gasteiger partial charge in [0.05, 0.1) is 18.4 Å². The van der Waals surface area contributed by atoms with E-state index < -0.39 is 6.10 Å². The van der Waals surface area contributed by atoms with Crippen molar-refractivity contribution in [2.75, 3.05) is 6.61 Å². The Balaban J connectivity index is 2.88. The molecule has 0 aromatic carbocycles. The Morgan fingerprint density at radius 2 is 2.00 bits per heavy atom. The normalized spacial score (nSPS) is 13.5.